The fourth-order valence-corrected chi connectivity index (χ4v) is 1.93. The molecule has 1 amide bonds. The molecule has 0 bridgehead atoms. The molecule has 19 heavy (non-hydrogen) atoms. The highest BCUT2D eigenvalue weighted by molar-refractivity contribution is 6.30. The number of benzene rings is 2. The fourth-order valence-electron chi connectivity index (χ4n) is 1.80. The second-order valence-corrected chi connectivity index (χ2v) is 4.49. The summed E-state index contributed by atoms with van der Waals surface area (Å²) in [7, 11) is 0. The minimum Gasteiger partial charge on any atom is -0.366 e. The maximum Gasteiger partial charge on any atom is 0.249 e. The zero-order valence-electron chi connectivity index (χ0n) is 9.79. The van der Waals surface area contributed by atoms with Crippen molar-refractivity contribution in [3.05, 3.63) is 69.7 Å². The lowest BCUT2D eigenvalue weighted by molar-refractivity contribution is 0.0999. The summed E-state index contributed by atoms with van der Waals surface area (Å²) in [6, 6.07) is 8.71. The first-order valence-corrected chi connectivity index (χ1v) is 5.88. The molecule has 2 nitrogen and oxygen atoms in total. The van der Waals surface area contributed by atoms with E-state index < -0.39 is 17.5 Å². The Morgan fingerprint density at radius 1 is 1.11 bits per heavy atom. The summed E-state index contributed by atoms with van der Waals surface area (Å²) in [5, 5.41) is 0.540. The van der Waals surface area contributed by atoms with Crippen LogP contribution in [0, 0.1) is 11.6 Å². The molecule has 5 heteroatoms. The number of hydrogen-bond donors (Lipinski definition) is 1. The van der Waals surface area contributed by atoms with Gasteiger partial charge in [0, 0.05) is 22.6 Å². The van der Waals surface area contributed by atoms with Gasteiger partial charge in [0.2, 0.25) is 5.91 Å². The van der Waals surface area contributed by atoms with E-state index in [4.69, 9.17) is 17.3 Å². The van der Waals surface area contributed by atoms with Gasteiger partial charge in [0.05, 0.1) is 0 Å². The van der Waals surface area contributed by atoms with Gasteiger partial charge in [-0.25, -0.2) is 8.78 Å². The van der Waals surface area contributed by atoms with E-state index in [1.165, 1.54) is 6.07 Å². The van der Waals surface area contributed by atoms with Gasteiger partial charge in [-0.3, -0.25) is 4.79 Å². The Bertz CT molecular complexity index is 626. The number of nitrogens with two attached hydrogens (primary N) is 1. The van der Waals surface area contributed by atoms with E-state index in [9.17, 15) is 13.6 Å². The summed E-state index contributed by atoms with van der Waals surface area (Å²) >= 11 is 5.74. The van der Waals surface area contributed by atoms with Crippen molar-refractivity contribution in [2.45, 2.75) is 6.42 Å². The van der Waals surface area contributed by atoms with Gasteiger partial charge >= 0.3 is 0 Å². The summed E-state index contributed by atoms with van der Waals surface area (Å²) in [6.45, 7) is 0. The van der Waals surface area contributed by atoms with Crippen LogP contribution in [-0.4, -0.2) is 5.91 Å². The van der Waals surface area contributed by atoms with Crippen molar-refractivity contribution >= 4 is 17.5 Å². The van der Waals surface area contributed by atoms with Crippen LogP contribution in [0.2, 0.25) is 5.02 Å². The van der Waals surface area contributed by atoms with Crippen LogP contribution < -0.4 is 5.73 Å². The third-order valence-corrected chi connectivity index (χ3v) is 3.01. The van der Waals surface area contributed by atoms with E-state index in [2.05, 4.69) is 0 Å². The molecule has 2 rings (SSSR count). The smallest absolute Gasteiger partial charge is 0.249 e. The van der Waals surface area contributed by atoms with Gasteiger partial charge in [-0.2, -0.15) is 0 Å². The lowest BCUT2D eigenvalue weighted by atomic mass is 9.98. The van der Waals surface area contributed by atoms with Gasteiger partial charge in [0.1, 0.15) is 0 Å². The van der Waals surface area contributed by atoms with Gasteiger partial charge in [0.25, 0.3) is 0 Å². The molecule has 0 fully saturated rings. The Labute approximate surface area is 113 Å². The normalized spacial score (nSPS) is 10.5. The number of carbonyl (C=O) groups is 1. The standard InChI is InChI=1S/C14H10ClF2NO/c15-9-3-1-8(2-4-9)7-11-10(14(18)19)5-6-12(16)13(11)17/h1-6H,7H2,(H2,18,19). The number of rotatable bonds is 3. The summed E-state index contributed by atoms with van der Waals surface area (Å²) in [6.07, 6.45) is 0.0685. The van der Waals surface area contributed by atoms with E-state index in [-0.39, 0.29) is 17.5 Å². The van der Waals surface area contributed by atoms with E-state index in [0.29, 0.717) is 10.6 Å². The predicted octanol–water partition coefficient (Wildman–Crippen LogP) is 3.31. The molecule has 0 atom stereocenters. The van der Waals surface area contributed by atoms with Gasteiger partial charge in [-0.1, -0.05) is 23.7 Å². The van der Waals surface area contributed by atoms with Crippen molar-refractivity contribution in [1.29, 1.82) is 0 Å². The fraction of sp³-hybridized carbons (Fsp3) is 0.0714. The molecule has 0 unspecified atom stereocenters. The molecular weight excluding hydrogens is 272 g/mol. The first-order chi connectivity index (χ1) is 8.99. The lowest BCUT2D eigenvalue weighted by Gasteiger charge is -2.09. The Kier molecular flexibility index (Phi) is 3.81. The van der Waals surface area contributed by atoms with Crippen molar-refractivity contribution in [2.24, 2.45) is 5.73 Å². The van der Waals surface area contributed by atoms with Crippen LogP contribution in [0.15, 0.2) is 36.4 Å². The lowest BCUT2D eigenvalue weighted by Crippen LogP contribution is -2.16. The number of hydrogen-bond acceptors (Lipinski definition) is 1. The van der Waals surface area contributed by atoms with Crippen LogP contribution in [0.3, 0.4) is 0 Å². The van der Waals surface area contributed by atoms with Gasteiger partial charge < -0.3 is 5.73 Å². The number of amides is 1. The average Bonchev–Trinajstić information content (AvgIpc) is 2.37. The van der Waals surface area contributed by atoms with Gasteiger partial charge in [-0.15, -0.1) is 0 Å². The minimum absolute atomic E-state index is 0.0196. The minimum atomic E-state index is -1.05. The van der Waals surface area contributed by atoms with Crippen LogP contribution in [0.25, 0.3) is 0 Å². The summed E-state index contributed by atoms with van der Waals surface area (Å²) < 4.78 is 27.0. The molecule has 0 aromatic heterocycles. The highest BCUT2D eigenvalue weighted by Gasteiger charge is 2.17. The van der Waals surface area contributed by atoms with E-state index in [1.54, 1.807) is 24.3 Å². The van der Waals surface area contributed by atoms with Crippen LogP contribution in [-0.2, 0) is 6.42 Å². The predicted molar refractivity (Wildman–Crippen MR) is 69.1 cm³/mol. The first-order valence-electron chi connectivity index (χ1n) is 5.50. The second kappa shape index (κ2) is 5.36. The molecule has 0 aliphatic carbocycles. The Balaban J connectivity index is 2.46. The van der Waals surface area contributed by atoms with Crippen LogP contribution in [0.1, 0.15) is 21.5 Å². The maximum absolute atomic E-state index is 13.8. The molecule has 0 saturated heterocycles. The largest absolute Gasteiger partial charge is 0.366 e. The molecule has 2 aromatic carbocycles. The highest BCUT2D eigenvalue weighted by Crippen LogP contribution is 2.21. The number of carbonyl (C=O) groups excluding carboxylic acids is 1. The Hall–Kier alpha value is -1.94. The van der Waals surface area contributed by atoms with Crippen molar-refractivity contribution in [3.8, 4) is 0 Å². The third kappa shape index (κ3) is 2.90. The number of halogens is 3. The summed E-state index contributed by atoms with van der Waals surface area (Å²) in [4.78, 5) is 11.2. The molecule has 0 spiro atoms. The van der Waals surface area contributed by atoms with E-state index in [1.807, 2.05) is 0 Å². The zero-order valence-corrected chi connectivity index (χ0v) is 10.5. The zero-order chi connectivity index (χ0) is 14.0. The molecule has 0 saturated carbocycles. The van der Waals surface area contributed by atoms with E-state index >= 15 is 0 Å². The molecule has 2 N–H and O–H groups in total. The van der Waals surface area contributed by atoms with Crippen LogP contribution in [0.5, 0.6) is 0 Å². The molecule has 0 aliphatic rings. The molecule has 98 valence electrons. The van der Waals surface area contributed by atoms with Crippen molar-refractivity contribution in [2.75, 3.05) is 0 Å². The van der Waals surface area contributed by atoms with Gasteiger partial charge in [0.15, 0.2) is 11.6 Å². The molecule has 0 heterocycles. The topological polar surface area (TPSA) is 43.1 Å². The SMILES string of the molecule is NC(=O)c1ccc(F)c(F)c1Cc1ccc(Cl)cc1. The monoisotopic (exact) mass is 281 g/mol. The Morgan fingerprint density at radius 3 is 2.32 bits per heavy atom. The maximum atomic E-state index is 13.8. The first kappa shape index (κ1) is 13.5. The Morgan fingerprint density at radius 2 is 1.74 bits per heavy atom. The third-order valence-electron chi connectivity index (χ3n) is 2.76. The molecular formula is C14H10ClF2NO. The molecule has 0 radical (unpaired) electrons. The molecule has 0 aliphatic heterocycles. The second-order valence-electron chi connectivity index (χ2n) is 4.05. The van der Waals surface area contributed by atoms with E-state index in [0.717, 1.165) is 6.07 Å². The number of primary amides is 1. The highest BCUT2D eigenvalue weighted by atomic mass is 35.5. The van der Waals surface area contributed by atoms with Crippen LogP contribution >= 0.6 is 11.6 Å². The summed E-state index contributed by atoms with van der Waals surface area (Å²) in [5.41, 5.74) is 5.80. The average molecular weight is 282 g/mol. The van der Waals surface area contributed by atoms with Crippen LogP contribution in [0.4, 0.5) is 8.78 Å². The summed E-state index contributed by atoms with van der Waals surface area (Å²) in [5.74, 6) is -2.84. The van der Waals surface area contributed by atoms with Crippen molar-refractivity contribution in [3.63, 3.8) is 0 Å². The van der Waals surface area contributed by atoms with Crippen molar-refractivity contribution < 1.29 is 13.6 Å². The van der Waals surface area contributed by atoms with Gasteiger partial charge in [-0.05, 0) is 29.8 Å². The van der Waals surface area contributed by atoms with Crippen molar-refractivity contribution in [1.82, 2.24) is 0 Å². The quantitative estimate of drug-likeness (QED) is 0.921. The molecule has 2 aromatic rings.